The molecule has 20 heavy (non-hydrogen) atoms. The van der Waals surface area contributed by atoms with Crippen molar-refractivity contribution in [2.45, 2.75) is 26.4 Å². The molecule has 0 radical (unpaired) electrons. The fourth-order valence-electron chi connectivity index (χ4n) is 1.70. The average molecular weight is 316 g/mol. The van der Waals surface area contributed by atoms with Gasteiger partial charge >= 0.3 is 0 Å². The van der Waals surface area contributed by atoms with Crippen molar-refractivity contribution in [2.75, 3.05) is 6.54 Å². The van der Waals surface area contributed by atoms with Gasteiger partial charge in [0.1, 0.15) is 0 Å². The van der Waals surface area contributed by atoms with E-state index in [1.54, 1.807) is 28.0 Å². The Labute approximate surface area is 126 Å². The molecule has 0 saturated heterocycles. The van der Waals surface area contributed by atoms with Gasteiger partial charge in [0, 0.05) is 32.0 Å². The molecule has 0 aromatic carbocycles. The highest BCUT2D eigenvalue weighted by molar-refractivity contribution is 6.33. The first-order valence-electron chi connectivity index (χ1n) is 6.29. The molecule has 0 aliphatic rings. The molecule has 108 valence electrons. The predicted octanol–water partition coefficient (Wildman–Crippen LogP) is 2.23. The maximum Gasteiger partial charge on any atom is 0.273 e. The Morgan fingerprint density at radius 3 is 2.75 bits per heavy atom. The van der Waals surface area contributed by atoms with Crippen molar-refractivity contribution in [3.63, 3.8) is 0 Å². The Morgan fingerprint density at radius 1 is 1.35 bits per heavy atom. The molecule has 0 atom stereocenters. The summed E-state index contributed by atoms with van der Waals surface area (Å²) < 4.78 is 3.36. The van der Waals surface area contributed by atoms with Gasteiger partial charge in [-0.25, -0.2) is 0 Å². The molecular weight excluding hydrogens is 301 g/mol. The molecule has 0 bridgehead atoms. The monoisotopic (exact) mass is 315 g/mol. The van der Waals surface area contributed by atoms with Gasteiger partial charge in [-0.3, -0.25) is 14.2 Å². The largest absolute Gasteiger partial charge is 0.351 e. The van der Waals surface area contributed by atoms with Crippen LogP contribution in [0.25, 0.3) is 0 Å². The van der Waals surface area contributed by atoms with Crippen LogP contribution in [0, 0.1) is 0 Å². The summed E-state index contributed by atoms with van der Waals surface area (Å²) in [6.45, 7) is 3.81. The molecule has 0 unspecified atom stereocenters. The fourth-order valence-corrected chi connectivity index (χ4v) is 2.09. The Kier molecular flexibility index (Phi) is 5.03. The molecule has 1 N–H and O–H groups in total. The highest BCUT2D eigenvalue weighted by atomic mass is 35.5. The number of hydrogen-bond donors (Lipinski definition) is 1. The predicted molar refractivity (Wildman–Crippen MR) is 77.1 cm³/mol. The summed E-state index contributed by atoms with van der Waals surface area (Å²) >= 11 is 11.7. The van der Waals surface area contributed by atoms with E-state index in [0.717, 1.165) is 6.42 Å². The van der Waals surface area contributed by atoms with Crippen LogP contribution in [0.4, 0.5) is 0 Å². The fraction of sp³-hybridized carbons (Fsp3) is 0.417. The maximum absolute atomic E-state index is 11.9. The van der Waals surface area contributed by atoms with E-state index in [4.69, 9.17) is 23.2 Å². The van der Waals surface area contributed by atoms with Gasteiger partial charge in [-0.15, -0.1) is 0 Å². The van der Waals surface area contributed by atoms with Crippen molar-refractivity contribution in [3.05, 3.63) is 34.3 Å². The lowest BCUT2D eigenvalue weighted by atomic mass is 10.3. The van der Waals surface area contributed by atoms with E-state index in [9.17, 15) is 4.79 Å². The second-order valence-electron chi connectivity index (χ2n) is 4.21. The van der Waals surface area contributed by atoms with Crippen LogP contribution >= 0.6 is 23.2 Å². The minimum absolute atomic E-state index is 0.260. The summed E-state index contributed by atoms with van der Waals surface area (Å²) in [6.07, 6.45) is 5.71. The number of rotatable bonds is 6. The smallest absolute Gasteiger partial charge is 0.273 e. The van der Waals surface area contributed by atoms with E-state index in [1.165, 1.54) is 0 Å². The zero-order valence-corrected chi connectivity index (χ0v) is 12.5. The molecule has 2 aromatic rings. The minimum Gasteiger partial charge on any atom is -0.351 e. The molecule has 2 aromatic heterocycles. The number of hydrogen-bond acceptors (Lipinski definition) is 3. The van der Waals surface area contributed by atoms with Gasteiger partial charge in [0.25, 0.3) is 5.91 Å². The molecule has 2 heterocycles. The summed E-state index contributed by atoms with van der Waals surface area (Å²) in [5, 5.41) is 11.9. The highest BCUT2D eigenvalue weighted by Crippen LogP contribution is 2.13. The number of nitrogens with one attached hydrogen (secondary N) is 1. The molecule has 0 aliphatic heterocycles. The lowest BCUT2D eigenvalue weighted by Gasteiger charge is -2.04. The first kappa shape index (κ1) is 14.9. The van der Waals surface area contributed by atoms with Crippen molar-refractivity contribution in [3.8, 4) is 0 Å². The minimum atomic E-state index is -0.263. The summed E-state index contributed by atoms with van der Waals surface area (Å²) in [7, 11) is 0. The quantitative estimate of drug-likeness (QED) is 0.831. The summed E-state index contributed by atoms with van der Waals surface area (Å²) in [5.41, 5.74) is 0.260. The van der Waals surface area contributed by atoms with E-state index >= 15 is 0 Å². The lowest BCUT2D eigenvalue weighted by molar-refractivity contribution is 0.0947. The second-order valence-corrected chi connectivity index (χ2v) is 5.06. The topological polar surface area (TPSA) is 64.7 Å². The van der Waals surface area contributed by atoms with Gasteiger partial charge in [0.2, 0.25) is 0 Å². The third-order valence-electron chi connectivity index (χ3n) is 2.71. The van der Waals surface area contributed by atoms with E-state index in [1.807, 2.05) is 6.92 Å². The number of halogens is 2. The molecular formula is C12H15Cl2N5O. The number of aryl methyl sites for hydroxylation is 2. The standard InChI is InChI=1S/C12H15Cl2N5O/c1-2-18-8-10(14)11(17-18)12(20)15-4-3-5-19-7-9(13)6-16-19/h6-8H,2-5H2,1H3,(H,15,20). The highest BCUT2D eigenvalue weighted by Gasteiger charge is 2.14. The first-order valence-corrected chi connectivity index (χ1v) is 7.05. The van der Waals surface area contributed by atoms with Crippen molar-refractivity contribution in [2.24, 2.45) is 0 Å². The molecule has 0 fully saturated rings. The number of nitrogens with zero attached hydrogens (tertiary/aromatic N) is 4. The molecule has 0 aliphatic carbocycles. The van der Waals surface area contributed by atoms with Crippen LogP contribution in [0.5, 0.6) is 0 Å². The zero-order valence-electron chi connectivity index (χ0n) is 11.0. The van der Waals surface area contributed by atoms with Crippen LogP contribution in [-0.2, 0) is 13.1 Å². The van der Waals surface area contributed by atoms with Gasteiger partial charge in [0.05, 0.1) is 16.2 Å². The first-order chi connectivity index (χ1) is 9.60. The van der Waals surface area contributed by atoms with Crippen LogP contribution in [0.1, 0.15) is 23.8 Å². The second kappa shape index (κ2) is 6.76. The van der Waals surface area contributed by atoms with E-state index in [0.29, 0.717) is 29.7 Å². The van der Waals surface area contributed by atoms with Crippen LogP contribution < -0.4 is 5.32 Å². The van der Waals surface area contributed by atoms with Crippen molar-refractivity contribution >= 4 is 29.1 Å². The molecule has 2 rings (SSSR count). The number of carbonyl (C=O) groups excluding carboxylic acids is 1. The third kappa shape index (κ3) is 3.74. The number of aromatic nitrogens is 4. The van der Waals surface area contributed by atoms with E-state index in [-0.39, 0.29) is 11.6 Å². The zero-order chi connectivity index (χ0) is 14.5. The van der Waals surface area contributed by atoms with Gasteiger partial charge in [-0.1, -0.05) is 23.2 Å². The SMILES string of the molecule is CCn1cc(Cl)c(C(=O)NCCCn2cc(Cl)cn2)n1. The van der Waals surface area contributed by atoms with Gasteiger partial charge in [-0.05, 0) is 13.3 Å². The van der Waals surface area contributed by atoms with Gasteiger partial charge in [0.15, 0.2) is 5.69 Å². The normalized spacial score (nSPS) is 10.8. The molecule has 8 heteroatoms. The van der Waals surface area contributed by atoms with Crippen molar-refractivity contribution in [1.29, 1.82) is 0 Å². The maximum atomic E-state index is 11.9. The third-order valence-corrected chi connectivity index (χ3v) is 3.18. The van der Waals surface area contributed by atoms with E-state index in [2.05, 4.69) is 15.5 Å². The van der Waals surface area contributed by atoms with Crippen LogP contribution in [-0.4, -0.2) is 32.0 Å². The molecule has 1 amide bonds. The van der Waals surface area contributed by atoms with Crippen molar-refractivity contribution < 1.29 is 4.79 Å². The Bertz CT molecular complexity index is 592. The lowest BCUT2D eigenvalue weighted by Crippen LogP contribution is -2.26. The van der Waals surface area contributed by atoms with Crippen molar-refractivity contribution in [1.82, 2.24) is 24.9 Å². The number of carbonyl (C=O) groups is 1. The summed E-state index contributed by atoms with van der Waals surface area (Å²) in [4.78, 5) is 11.9. The average Bonchev–Trinajstić information content (AvgIpc) is 3.00. The summed E-state index contributed by atoms with van der Waals surface area (Å²) in [6, 6.07) is 0. The Hall–Kier alpha value is -1.53. The van der Waals surface area contributed by atoms with Crippen LogP contribution in [0.2, 0.25) is 10.0 Å². The Balaban J connectivity index is 1.78. The summed E-state index contributed by atoms with van der Waals surface area (Å²) in [5.74, 6) is -0.263. The van der Waals surface area contributed by atoms with E-state index < -0.39 is 0 Å². The van der Waals surface area contributed by atoms with Gasteiger partial charge < -0.3 is 5.32 Å². The number of amides is 1. The molecule has 0 spiro atoms. The Morgan fingerprint density at radius 2 is 2.15 bits per heavy atom. The molecule has 6 nitrogen and oxygen atoms in total. The van der Waals surface area contributed by atoms with Gasteiger partial charge in [-0.2, -0.15) is 10.2 Å². The van der Waals surface area contributed by atoms with Crippen LogP contribution in [0.15, 0.2) is 18.6 Å². The molecule has 0 saturated carbocycles. The van der Waals surface area contributed by atoms with Crippen LogP contribution in [0.3, 0.4) is 0 Å².